The van der Waals surface area contributed by atoms with E-state index in [4.69, 9.17) is 4.98 Å². The molecule has 0 radical (unpaired) electrons. The van der Waals surface area contributed by atoms with Gasteiger partial charge in [-0.25, -0.2) is 9.97 Å². The first kappa shape index (κ1) is 43.4. The maximum atomic E-state index is 14.0. The molecule has 5 aliphatic heterocycles. The standard InChI is InChI=1S/C50H53N11O7/c1-28-23-56(33-24-57(25-33)32-9-10-35-36(20-32)47(66)61(46(35)65)39-11-12-42(63)54-45(39)64)15-16-58(28)31-7-5-30(6-8-31)52-43-49(68)55(4)26-38(53-43)34-13-14-51-44(37(34)27-62)60-18-17-59-40(48(60)67)19-29-21-50(2,3)22-41(29)59/h5-10,13-14,19-20,26,28,33,39,62H,11-12,15-18,21-25,27H2,1-4H3,(H,52,53)(H,54,63,64)/t28-,39?/m0/s1. The third kappa shape index (κ3) is 7.24. The van der Waals surface area contributed by atoms with Gasteiger partial charge in [-0.05, 0) is 91.8 Å². The van der Waals surface area contributed by atoms with E-state index in [1.54, 1.807) is 42.5 Å². The summed E-state index contributed by atoms with van der Waals surface area (Å²) in [7, 11) is 1.66. The zero-order chi connectivity index (χ0) is 47.3. The average Bonchev–Trinajstić information content (AvgIpc) is 3.88. The number of fused-ring (bicyclic) bond motifs is 4. The van der Waals surface area contributed by atoms with E-state index in [-0.39, 0.29) is 59.3 Å². The van der Waals surface area contributed by atoms with Crippen molar-refractivity contribution in [2.45, 2.75) is 77.7 Å². The summed E-state index contributed by atoms with van der Waals surface area (Å²) < 4.78 is 3.60. The van der Waals surface area contributed by atoms with Crippen molar-refractivity contribution < 1.29 is 29.1 Å². The van der Waals surface area contributed by atoms with Gasteiger partial charge in [0.15, 0.2) is 5.82 Å². The Morgan fingerprint density at radius 1 is 0.838 bits per heavy atom. The Kier molecular flexibility index (Phi) is 10.4. The Bertz CT molecular complexity index is 3030. The molecule has 2 aromatic carbocycles. The zero-order valence-electron chi connectivity index (χ0n) is 38.5. The molecule has 5 aromatic rings. The summed E-state index contributed by atoms with van der Waals surface area (Å²) >= 11 is 0. The molecule has 8 heterocycles. The van der Waals surface area contributed by atoms with Crippen molar-refractivity contribution in [3.05, 3.63) is 111 Å². The second-order valence-electron chi connectivity index (χ2n) is 19.8. The second-order valence-corrected chi connectivity index (χ2v) is 19.8. The number of aromatic nitrogens is 4. The molecule has 3 fully saturated rings. The lowest BCUT2D eigenvalue weighted by atomic mass is 9.90. The van der Waals surface area contributed by atoms with Crippen molar-refractivity contribution in [2.75, 3.05) is 59.3 Å². The molecule has 18 nitrogen and oxygen atoms in total. The van der Waals surface area contributed by atoms with Crippen LogP contribution in [-0.4, -0.2) is 121 Å². The van der Waals surface area contributed by atoms with Gasteiger partial charge in [-0.2, -0.15) is 0 Å². The van der Waals surface area contributed by atoms with Crippen LogP contribution in [0.4, 0.5) is 28.7 Å². The normalized spacial score (nSPS) is 21.5. The highest BCUT2D eigenvalue weighted by atomic mass is 16.3. The first-order chi connectivity index (χ1) is 32.7. The topological polar surface area (TPSA) is 199 Å². The molecule has 18 heteroatoms. The molecule has 6 aliphatic rings. The van der Waals surface area contributed by atoms with Gasteiger partial charge in [-0.3, -0.25) is 48.8 Å². The maximum absolute atomic E-state index is 14.0. The largest absolute Gasteiger partial charge is 0.392 e. The first-order valence-electron chi connectivity index (χ1n) is 23.3. The Hall–Kier alpha value is -7.18. The van der Waals surface area contributed by atoms with Crippen molar-refractivity contribution >= 4 is 58.2 Å². The number of rotatable bonds is 9. The number of carbonyl (C=O) groups excluding carboxylic acids is 5. The third-order valence-electron chi connectivity index (χ3n) is 14.7. The van der Waals surface area contributed by atoms with Crippen LogP contribution < -0.4 is 30.9 Å². The van der Waals surface area contributed by atoms with E-state index in [9.17, 15) is 33.9 Å². The number of hydrogen-bond donors (Lipinski definition) is 3. The maximum Gasteiger partial charge on any atom is 0.293 e. The Morgan fingerprint density at radius 2 is 1.60 bits per heavy atom. The van der Waals surface area contributed by atoms with Gasteiger partial charge in [-0.15, -0.1) is 0 Å². The number of anilines is 5. The molecular formula is C50H53N11O7. The average molecular weight is 920 g/mol. The summed E-state index contributed by atoms with van der Waals surface area (Å²) in [5.41, 5.74) is 7.57. The van der Waals surface area contributed by atoms with Gasteiger partial charge >= 0.3 is 0 Å². The molecule has 2 atom stereocenters. The minimum absolute atomic E-state index is 0.0745. The van der Waals surface area contributed by atoms with Gasteiger partial charge in [0.25, 0.3) is 23.3 Å². The fourth-order valence-electron chi connectivity index (χ4n) is 11.2. The van der Waals surface area contributed by atoms with Crippen molar-refractivity contribution in [1.82, 2.24) is 34.2 Å². The lowest BCUT2D eigenvalue weighted by molar-refractivity contribution is -0.136. The van der Waals surface area contributed by atoms with Crippen molar-refractivity contribution in [3.63, 3.8) is 0 Å². The van der Waals surface area contributed by atoms with E-state index in [0.29, 0.717) is 53.2 Å². The van der Waals surface area contributed by atoms with Gasteiger partial charge in [0, 0.05) is 118 Å². The Balaban J connectivity index is 0.727. The summed E-state index contributed by atoms with van der Waals surface area (Å²) in [6.45, 7) is 11.5. The van der Waals surface area contributed by atoms with Crippen molar-refractivity contribution in [2.24, 2.45) is 12.5 Å². The van der Waals surface area contributed by atoms with Gasteiger partial charge in [0.05, 0.1) is 23.4 Å². The van der Waals surface area contributed by atoms with Crippen LogP contribution in [0.2, 0.25) is 0 Å². The molecule has 0 saturated carbocycles. The predicted molar refractivity (Wildman–Crippen MR) is 253 cm³/mol. The van der Waals surface area contributed by atoms with Crippen LogP contribution in [0.25, 0.3) is 11.3 Å². The molecule has 0 bridgehead atoms. The molecule has 11 rings (SSSR count). The SMILES string of the molecule is C[C@H]1CN(C2CN(c3ccc4c(c3)C(=O)N(C3CCC(=O)NC3=O)C4=O)C2)CCN1c1ccc(Nc2nc(-c3ccnc(N4CCn5c(cc6c5CC(C)(C)C6)C4=O)c3CO)cn(C)c2=O)cc1. The number of carbonyl (C=O) groups is 5. The van der Waals surface area contributed by atoms with E-state index < -0.39 is 29.7 Å². The predicted octanol–water partition coefficient (Wildman–Crippen LogP) is 3.47. The number of aliphatic hydroxyl groups is 1. The number of piperidine rings is 1. The summed E-state index contributed by atoms with van der Waals surface area (Å²) in [5, 5.41) is 16.2. The number of amides is 5. The highest BCUT2D eigenvalue weighted by Crippen LogP contribution is 2.40. The number of imide groups is 2. The van der Waals surface area contributed by atoms with Crippen LogP contribution >= 0.6 is 0 Å². The number of nitrogens with one attached hydrogen (secondary N) is 2. The minimum Gasteiger partial charge on any atom is -0.392 e. The van der Waals surface area contributed by atoms with E-state index >= 15 is 0 Å². The van der Waals surface area contributed by atoms with Crippen molar-refractivity contribution in [1.29, 1.82) is 0 Å². The smallest absolute Gasteiger partial charge is 0.293 e. The molecule has 3 N–H and O–H groups in total. The van der Waals surface area contributed by atoms with E-state index in [2.05, 4.69) is 55.7 Å². The van der Waals surface area contributed by atoms with E-state index in [1.165, 1.54) is 15.8 Å². The molecule has 1 aliphatic carbocycles. The molecule has 3 aromatic heterocycles. The van der Waals surface area contributed by atoms with Crippen LogP contribution in [-0.2, 0) is 42.6 Å². The molecule has 68 heavy (non-hydrogen) atoms. The molecule has 0 spiro atoms. The van der Waals surface area contributed by atoms with Crippen LogP contribution in [0.3, 0.4) is 0 Å². The van der Waals surface area contributed by atoms with Crippen LogP contribution in [0.5, 0.6) is 0 Å². The van der Waals surface area contributed by atoms with Gasteiger partial charge in [0.1, 0.15) is 17.6 Å². The molecule has 350 valence electrons. The van der Waals surface area contributed by atoms with Crippen LogP contribution in [0.1, 0.15) is 81.6 Å². The summed E-state index contributed by atoms with van der Waals surface area (Å²) in [4.78, 5) is 97.3. The van der Waals surface area contributed by atoms with Crippen LogP contribution in [0, 0.1) is 5.41 Å². The third-order valence-corrected chi connectivity index (χ3v) is 14.7. The number of pyridine rings is 1. The van der Waals surface area contributed by atoms with E-state index in [1.807, 2.05) is 36.4 Å². The number of aliphatic hydroxyl groups excluding tert-OH is 1. The van der Waals surface area contributed by atoms with E-state index in [0.717, 1.165) is 61.8 Å². The Labute approximate surface area is 392 Å². The fraction of sp³-hybridized carbons (Fsp3) is 0.400. The minimum atomic E-state index is -0.997. The van der Waals surface area contributed by atoms with Crippen molar-refractivity contribution in [3.8, 4) is 11.3 Å². The van der Waals surface area contributed by atoms with Gasteiger partial charge in [0.2, 0.25) is 11.8 Å². The van der Waals surface area contributed by atoms with Crippen LogP contribution in [0.15, 0.2) is 71.8 Å². The fourth-order valence-corrected chi connectivity index (χ4v) is 11.2. The lowest BCUT2D eigenvalue weighted by Crippen LogP contribution is -2.65. The van der Waals surface area contributed by atoms with Gasteiger partial charge < -0.3 is 29.4 Å². The number of hydrogen-bond acceptors (Lipinski definition) is 13. The molecular weight excluding hydrogens is 867 g/mol. The lowest BCUT2D eigenvalue weighted by Gasteiger charge is -2.51. The number of piperazine rings is 1. The molecule has 3 saturated heterocycles. The van der Waals surface area contributed by atoms with Gasteiger partial charge in [-0.1, -0.05) is 13.8 Å². The number of benzene rings is 2. The molecule has 1 unspecified atom stereocenters. The molecule has 5 amide bonds. The first-order valence-corrected chi connectivity index (χ1v) is 23.3. The number of nitrogens with zero attached hydrogens (tertiary/aromatic N) is 9. The summed E-state index contributed by atoms with van der Waals surface area (Å²) in [6, 6.07) is 16.5. The number of aryl methyl sites for hydroxylation is 1. The summed E-state index contributed by atoms with van der Waals surface area (Å²) in [5.74, 6) is -1.70. The quantitative estimate of drug-likeness (QED) is 0.182. The highest BCUT2D eigenvalue weighted by molar-refractivity contribution is 6.23. The Morgan fingerprint density at radius 3 is 2.35 bits per heavy atom. The monoisotopic (exact) mass is 919 g/mol. The highest BCUT2D eigenvalue weighted by Gasteiger charge is 2.46. The second kappa shape index (κ2) is 16.3. The summed E-state index contributed by atoms with van der Waals surface area (Å²) in [6.07, 6.45) is 5.29. The zero-order valence-corrected chi connectivity index (χ0v) is 38.5.